The van der Waals surface area contributed by atoms with Crippen molar-refractivity contribution in [3.8, 4) is 5.75 Å². The summed E-state index contributed by atoms with van der Waals surface area (Å²) >= 11 is 6.99. The number of nitrogens with one attached hydrogen (secondary N) is 1. The molecule has 2 aromatic rings. The monoisotopic (exact) mass is 555 g/mol. The third-order valence-electron chi connectivity index (χ3n) is 4.81. The predicted octanol–water partition coefficient (Wildman–Crippen LogP) is 2.52. The van der Waals surface area contributed by atoms with E-state index in [1.807, 2.05) is 12.1 Å². The number of morpholine rings is 2. The van der Waals surface area contributed by atoms with Crippen molar-refractivity contribution in [2.45, 2.75) is 0 Å². The molecule has 1 aromatic heterocycles. The molecule has 0 saturated carbocycles. The summed E-state index contributed by atoms with van der Waals surface area (Å²) < 4.78 is 18.1. The fourth-order valence-corrected chi connectivity index (χ4v) is 4.68. The molecule has 2 saturated heterocycles. The SMILES string of the molecule is COc1c(Br)cc(Br)cc1/C=N\Nc1nc(N2CCOCC2)nc(N2CCOCC2)n1. The lowest BCUT2D eigenvalue weighted by atomic mass is 10.2. The molecule has 4 rings (SSSR count). The van der Waals surface area contributed by atoms with Gasteiger partial charge in [-0.25, -0.2) is 5.43 Å². The zero-order valence-electron chi connectivity index (χ0n) is 17.1. The van der Waals surface area contributed by atoms with Crippen molar-refractivity contribution >= 4 is 55.9 Å². The van der Waals surface area contributed by atoms with Crippen LogP contribution in [0.3, 0.4) is 0 Å². The van der Waals surface area contributed by atoms with Gasteiger partial charge < -0.3 is 24.0 Å². The molecule has 2 fully saturated rings. The molecule has 1 aromatic carbocycles. The third kappa shape index (κ3) is 5.62. The maximum absolute atomic E-state index is 5.47. The van der Waals surface area contributed by atoms with E-state index in [1.165, 1.54) is 0 Å². The van der Waals surface area contributed by atoms with Gasteiger partial charge in [0.1, 0.15) is 5.75 Å². The summed E-state index contributed by atoms with van der Waals surface area (Å²) in [5.74, 6) is 2.29. The fourth-order valence-electron chi connectivity index (χ4n) is 3.26. The van der Waals surface area contributed by atoms with Crippen LogP contribution in [-0.4, -0.2) is 80.9 Å². The first kappa shape index (κ1) is 22.2. The van der Waals surface area contributed by atoms with Crippen molar-refractivity contribution in [2.24, 2.45) is 5.10 Å². The highest BCUT2D eigenvalue weighted by Crippen LogP contribution is 2.31. The maximum Gasteiger partial charge on any atom is 0.250 e. The predicted molar refractivity (Wildman–Crippen MR) is 126 cm³/mol. The van der Waals surface area contributed by atoms with Crippen molar-refractivity contribution in [3.05, 3.63) is 26.6 Å². The number of hydrogen-bond acceptors (Lipinski definition) is 10. The Morgan fingerprint density at radius 3 is 2.10 bits per heavy atom. The zero-order chi connectivity index (χ0) is 21.6. The number of hydrogen-bond donors (Lipinski definition) is 1. The van der Waals surface area contributed by atoms with Crippen molar-refractivity contribution in [2.75, 3.05) is 74.9 Å². The van der Waals surface area contributed by atoms with Crippen molar-refractivity contribution in [1.29, 1.82) is 0 Å². The van der Waals surface area contributed by atoms with Crippen molar-refractivity contribution < 1.29 is 14.2 Å². The molecule has 166 valence electrons. The first-order valence-electron chi connectivity index (χ1n) is 9.87. The molecule has 0 atom stereocenters. The number of hydrazone groups is 1. The van der Waals surface area contributed by atoms with E-state index in [9.17, 15) is 0 Å². The molecule has 12 heteroatoms. The van der Waals surface area contributed by atoms with Gasteiger partial charge in [0.15, 0.2) is 0 Å². The van der Waals surface area contributed by atoms with Crippen LogP contribution in [0.15, 0.2) is 26.2 Å². The molecule has 2 aliphatic heterocycles. The summed E-state index contributed by atoms with van der Waals surface area (Å²) in [6, 6.07) is 3.83. The Labute approximate surface area is 197 Å². The molecule has 1 N–H and O–H groups in total. The van der Waals surface area contributed by atoms with Gasteiger partial charge in [0.05, 0.1) is 44.2 Å². The second kappa shape index (κ2) is 10.5. The van der Waals surface area contributed by atoms with Crippen LogP contribution >= 0.6 is 31.9 Å². The number of ether oxygens (including phenoxy) is 3. The Morgan fingerprint density at radius 1 is 0.968 bits per heavy atom. The highest BCUT2D eigenvalue weighted by molar-refractivity contribution is 9.11. The molecular weight excluding hydrogens is 534 g/mol. The van der Waals surface area contributed by atoms with Gasteiger partial charge in [-0.2, -0.15) is 20.1 Å². The molecule has 0 unspecified atom stereocenters. The van der Waals surface area contributed by atoms with E-state index in [0.717, 1.165) is 40.7 Å². The minimum Gasteiger partial charge on any atom is -0.495 e. The van der Waals surface area contributed by atoms with Crippen LogP contribution in [0, 0.1) is 0 Å². The van der Waals surface area contributed by atoms with Crippen LogP contribution in [0.4, 0.5) is 17.8 Å². The Morgan fingerprint density at radius 2 is 1.55 bits per heavy atom. The number of methoxy groups -OCH3 is 1. The highest BCUT2D eigenvalue weighted by Gasteiger charge is 2.20. The molecule has 0 radical (unpaired) electrons. The number of nitrogens with zero attached hydrogens (tertiary/aromatic N) is 6. The maximum atomic E-state index is 5.47. The smallest absolute Gasteiger partial charge is 0.250 e. The average molecular weight is 557 g/mol. The molecule has 0 spiro atoms. The lowest BCUT2D eigenvalue weighted by Gasteiger charge is -2.30. The van der Waals surface area contributed by atoms with Crippen molar-refractivity contribution in [1.82, 2.24) is 15.0 Å². The zero-order valence-corrected chi connectivity index (χ0v) is 20.2. The Bertz CT molecular complexity index is 899. The molecule has 0 amide bonds. The van der Waals surface area contributed by atoms with Crippen LogP contribution in [0.25, 0.3) is 0 Å². The minimum atomic E-state index is 0.377. The van der Waals surface area contributed by atoms with Gasteiger partial charge in [-0.15, -0.1) is 0 Å². The molecule has 31 heavy (non-hydrogen) atoms. The van der Waals surface area contributed by atoms with Gasteiger partial charge in [0, 0.05) is 36.2 Å². The molecule has 0 aliphatic carbocycles. The summed E-state index contributed by atoms with van der Waals surface area (Å²) in [5, 5.41) is 4.34. The van der Waals surface area contributed by atoms with Crippen LogP contribution in [-0.2, 0) is 9.47 Å². The first-order chi connectivity index (χ1) is 15.1. The van der Waals surface area contributed by atoms with E-state index in [0.29, 0.717) is 50.0 Å². The second-order valence-electron chi connectivity index (χ2n) is 6.84. The normalized spacial score (nSPS) is 17.3. The first-order valence-corrected chi connectivity index (χ1v) is 11.5. The Kier molecular flexibility index (Phi) is 7.54. The molecule has 0 bridgehead atoms. The topological polar surface area (TPSA) is 97.2 Å². The van der Waals surface area contributed by atoms with E-state index in [2.05, 4.69) is 62.2 Å². The van der Waals surface area contributed by atoms with Gasteiger partial charge in [-0.1, -0.05) is 15.9 Å². The number of rotatable bonds is 6. The molecule has 10 nitrogen and oxygen atoms in total. The average Bonchev–Trinajstić information content (AvgIpc) is 2.80. The number of aromatic nitrogens is 3. The lowest BCUT2D eigenvalue weighted by Crippen LogP contribution is -2.40. The van der Waals surface area contributed by atoms with Crippen molar-refractivity contribution in [3.63, 3.8) is 0 Å². The largest absolute Gasteiger partial charge is 0.495 e. The van der Waals surface area contributed by atoms with Gasteiger partial charge in [0.25, 0.3) is 0 Å². The highest BCUT2D eigenvalue weighted by atomic mass is 79.9. The number of benzene rings is 1. The van der Waals surface area contributed by atoms with E-state index in [-0.39, 0.29) is 0 Å². The summed E-state index contributed by atoms with van der Waals surface area (Å²) in [6.07, 6.45) is 1.67. The third-order valence-corrected chi connectivity index (χ3v) is 5.86. The van der Waals surface area contributed by atoms with Crippen LogP contribution < -0.4 is 20.0 Å². The van der Waals surface area contributed by atoms with Gasteiger partial charge in [0.2, 0.25) is 17.8 Å². The van der Waals surface area contributed by atoms with E-state index in [1.54, 1.807) is 13.3 Å². The summed E-state index contributed by atoms with van der Waals surface area (Å²) in [7, 11) is 1.62. The molecule has 3 heterocycles. The Hall–Kier alpha value is -2.02. The van der Waals surface area contributed by atoms with E-state index in [4.69, 9.17) is 19.2 Å². The van der Waals surface area contributed by atoms with E-state index < -0.39 is 0 Å². The number of anilines is 3. The van der Waals surface area contributed by atoms with Gasteiger partial charge in [-0.3, -0.25) is 0 Å². The second-order valence-corrected chi connectivity index (χ2v) is 8.61. The van der Waals surface area contributed by atoms with E-state index >= 15 is 0 Å². The summed E-state index contributed by atoms with van der Waals surface area (Å²) in [6.45, 7) is 5.54. The fraction of sp³-hybridized carbons (Fsp3) is 0.474. The quantitative estimate of drug-likeness (QED) is 0.425. The minimum absolute atomic E-state index is 0.377. The van der Waals surface area contributed by atoms with Crippen LogP contribution in [0.5, 0.6) is 5.75 Å². The lowest BCUT2D eigenvalue weighted by molar-refractivity contribution is 0.121. The summed E-state index contributed by atoms with van der Waals surface area (Å²) in [4.78, 5) is 18.0. The summed E-state index contributed by atoms with van der Waals surface area (Å²) in [5.41, 5.74) is 3.75. The van der Waals surface area contributed by atoms with Gasteiger partial charge >= 0.3 is 0 Å². The van der Waals surface area contributed by atoms with Crippen LogP contribution in [0.1, 0.15) is 5.56 Å². The number of halogens is 2. The van der Waals surface area contributed by atoms with Crippen LogP contribution in [0.2, 0.25) is 0 Å². The van der Waals surface area contributed by atoms with Gasteiger partial charge in [-0.05, 0) is 28.1 Å². The standard InChI is InChI=1S/C19H23Br2N7O3/c1-29-16-13(10-14(20)11-15(16)21)12-22-26-17-23-18(27-2-6-30-7-3-27)25-19(24-17)28-4-8-31-9-5-28/h10-12H,2-9H2,1H3,(H,23,24,25,26)/b22-12-. The molecule has 2 aliphatic rings. The Balaban J connectivity index is 1.58. The molecular formula is C19H23Br2N7O3.